The second-order valence-electron chi connectivity index (χ2n) is 12.5. The van der Waals surface area contributed by atoms with Crippen LogP contribution in [0.5, 0.6) is 0 Å². The summed E-state index contributed by atoms with van der Waals surface area (Å²) in [6.45, 7) is 12.8. The van der Waals surface area contributed by atoms with Crippen LogP contribution in [0.3, 0.4) is 0 Å². The second-order valence-corrected chi connectivity index (χ2v) is 12.5. The first-order valence-corrected chi connectivity index (χ1v) is 13.2. The van der Waals surface area contributed by atoms with Crippen molar-refractivity contribution in [3.63, 3.8) is 0 Å². The molecule has 7 heteroatoms. The van der Waals surface area contributed by atoms with Gasteiger partial charge in [0.2, 0.25) is 0 Å². The van der Waals surface area contributed by atoms with Crippen molar-refractivity contribution in [2.45, 2.75) is 91.8 Å². The van der Waals surface area contributed by atoms with E-state index in [1.165, 1.54) is 0 Å². The van der Waals surface area contributed by atoms with E-state index >= 15 is 0 Å². The fraction of sp³-hybridized carbons (Fsp3) is 0.821. The maximum absolute atomic E-state index is 13.6. The van der Waals surface area contributed by atoms with Crippen molar-refractivity contribution in [1.29, 1.82) is 0 Å². The number of carbonyl (C=O) groups excluding carboxylic acids is 3. The number of nitrogens with one attached hydrogen (secondary N) is 1. The molecular formula is C28H45NO6. The lowest BCUT2D eigenvalue weighted by Crippen LogP contribution is -2.60. The standard InChI is InChI=1S/C28H45NO6/c1-17-18(14-23(31)34-13-12-29-7)8-9-19-25(17)20(30)15-21-27(4,5)22(10-11-28(19,21)6)35-24(32)16-26(2,3)33/h14,17,19,21-22,25,29,33H,8-13,15-16H2,1-7H3/b18-14-/t17-,19+,21-,22-,25-,28+/m0/s1. The lowest BCUT2D eigenvalue weighted by molar-refractivity contribution is -0.191. The first-order chi connectivity index (χ1) is 16.2. The number of carbonyl (C=O) groups is 3. The minimum Gasteiger partial charge on any atom is -0.462 e. The van der Waals surface area contributed by atoms with Crippen LogP contribution in [0.2, 0.25) is 0 Å². The van der Waals surface area contributed by atoms with E-state index in [4.69, 9.17) is 9.47 Å². The molecule has 6 atom stereocenters. The maximum atomic E-state index is 13.6. The summed E-state index contributed by atoms with van der Waals surface area (Å²) in [7, 11) is 1.81. The van der Waals surface area contributed by atoms with Gasteiger partial charge in [0.1, 0.15) is 18.5 Å². The number of Topliss-reactive ketones (excluding diaryl/α,β-unsaturated/α-hetero) is 1. The summed E-state index contributed by atoms with van der Waals surface area (Å²) in [5.41, 5.74) is -0.473. The lowest BCUT2D eigenvalue weighted by Gasteiger charge is -2.62. The predicted molar refractivity (Wildman–Crippen MR) is 133 cm³/mol. The number of likely N-dealkylation sites (N-methyl/N-ethyl adjacent to an activating group) is 1. The van der Waals surface area contributed by atoms with Crippen LogP contribution in [0.1, 0.15) is 80.1 Å². The first kappa shape index (κ1) is 27.9. The summed E-state index contributed by atoms with van der Waals surface area (Å²) in [5, 5.41) is 13.0. The van der Waals surface area contributed by atoms with E-state index in [9.17, 15) is 19.5 Å². The van der Waals surface area contributed by atoms with E-state index in [-0.39, 0.29) is 64.7 Å². The maximum Gasteiger partial charge on any atom is 0.330 e. The number of allylic oxidation sites excluding steroid dienone is 1. The fourth-order valence-corrected chi connectivity index (χ4v) is 7.31. The van der Waals surface area contributed by atoms with Crippen LogP contribution in [0.15, 0.2) is 11.6 Å². The van der Waals surface area contributed by atoms with Crippen LogP contribution in [-0.4, -0.2) is 54.7 Å². The number of rotatable bonds is 7. The number of hydrogen-bond donors (Lipinski definition) is 2. The highest BCUT2D eigenvalue weighted by Gasteiger charge is 2.62. The molecular weight excluding hydrogens is 446 g/mol. The van der Waals surface area contributed by atoms with E-state index in [0.717, 1.165) is 31.3 Å². The summed E-state index contributed by atoms with van der Waals surface area (Å²) < 4.78 is 11.2. The SMILES string of the molecule is CNCCOC(=O)/C=C1/CC[C@@H]2[C@@H](C(=O)C[C@H]3C(C)(C)[C@@H](OC(=O)CC(C)(C)O)CC[C@]23C)[C@H]1C. The molecule has 0 saturated heterocycles. The van der Waals surface area contributed by atoms with E-state index in [2.05, 4.69) is 33.0 Å². The van der Waals surface area contributed by atoms with E-state index < -0.39 is 5.60 Å². The molecule has 198 valence electrons. The molecule has 0 bridgehead atoms. The van der Waals surface area contributed by atoms with Gasteiger partial charge in [-0.05, 0) is 69.7 Å². The van der Waals surface area contributed by atoms with Crippen LogP contribution in [0, 0.1) is 34.5 Å². The van der Waals surface area contributed by atoms with Gasteiger partial charge in [0.25, 0.3) is 0 Å². The predicted octanol–water partition coefficient (Wildman–Crippen LogP) is 3.83. The highest BCUT2D eigenvalue weighted by molar-refractivity contribution is 5.86. The molecule has 35 heavy (non-hydrogen) atoms. The van der Waals surface area contributed by atoms with E-state index in [1.54, 1.807) is 19.9 Å². The number of fused-ring (bicyclic) bond motifs is 3. The van der Waals surface area contributed by atoms with Gasteiger partial charge in [-0.2, -0.15) is 0 Å². The van der Waals surface area contributed by atoms with Gasteiger partial charge in [-0.3, -0.25) is 9.59 Å². The molecule has 3 saturated carbocycles. The van der Waals surface area contributed by atoms with E-state index in [0.29, 0.717) is 19.6 Å². The van der Waals surface area contributed by atoms with Crippen LogP contribution in [0.4, 0.5) is 0 Å². The Kier molecular flexibility index (Phi) is 8.22. The average molecular weight is 492 g/mol. The quantitative estimate of drug-likeness (QED) is 0.317. The van der Waals surface area contributed by atoms with Gasteiger partial charge in [0, 0.05) is 30.4 Å². The molecule has 3 rings (SSSR count). The molecule has 3 fully saturated rings. The molecule has 0 heterocycles. The molecule has 0 aromatic rings. The Morgan fingerprint density at radius 2 is 1.91 bits per heavy atom. The molecule has 0 radical (unpaired) electrons. The molecule has 0 aliphatic heterocycles. The third-order valence-corrected chi connectivity index (χ3v) is 9.14. The number of hydrogen-bond acceptors (Lipinski definition) is 7. The van der Waals surface area contributed by atoms with Crippen molar-refractivity contribution < 1.29 is 29.0 Å². The van der Waals surface area contributed by atoms with Crippen molar-refractivity contribution in [3.05, 3.63) is 11.6 Å². The summed E-state index contributed by atoms with van der Waals surface area (Å²) in [5.74, 6) is -0.178. The van der Waals surface area contributed by atoms with Crippen LogP contribution in [-0.2, 0) is 23.9 Å². The Hall–Kier alpha value is -1.73. The zero-order valence-corrected chi connectivity index (χ0v) is 22.6. The van der Waals surface area contributed by atoms with Gasteiger partial charge >= 0.3 is 11.9 Å². The van der Waals surface area contributed by atoms with Gasteiger partial charge in [-0.1, -0.05) is 33.3 Å². The number of esters is 2. The zero-order valence-electron chi connectivity index (χ0n) is 22.6. The minimum atomic E-state index is -1.11. The Labute approximate surface area is 210 Å². The Balaban J connectivity index is 1.77. The first-order valence-electron chi connectivity index (χ1n) is 13.2. The van der Waals surface area contributed by atoms with Crippen molar-refractivity contribution in [1.82, 2.24) is 5.32 Å². The third-order valence-electron chi connectivity index (χ3n) is 9.14. The average Bonchev–Trinajstić information content (AvgIpc) is 2.73. The van der Waals surface area contributed by atoms with Gasteiger partial charge in [-0.25, -0.2) is 4.79 Å². The molecule has 0 unspecified atom stereocenters. The smallest absolute Gasteiger partial charge is 0.330 e. The normalized spacial score (nSPS) is 35.7. The zero-order chi connectivity index (χ0) is 26.2. The number of ether oxygens (including phenoxy) is 2. The summed E-state index contributed by atoms with van der Waals surface area (Å²) in [4.78, 5) is 38.4. The Bertz CT molecular complexity index is 856. The molecule has 7 nitrogen and oxygen atoms in total. The summed E-state index contributed by atoms with van der Waals surface area (Å²) in [6.07, 6.45) is 5.08. The summed E-state index contributed by atoms with van der Waals surface area (Å²) >= 11 is 0. The van der Waals surface area contributed by atoms with Crippen molar-refractivity contribution >= 4 is 17.7 Å². The van der Waals surface area contributed by atoms with Crippen molar-refractivity contribution in [2.24, 2.45) is 34.5 Å². The molecule has 0 aromatic carbocycles. The van der Waals surface area contributed by atoms with Crippen molar-refractivity contribution in [3.8, 4) is 0 Å². The minimum absolute atomic E-state index is 0.0151. The van der Waals surface area contributed by atoms with Crippen LogP contribution in [0.25, 0.3) is 0 Å². The van der Waals surface area contributed by atoms with Crippen molar-refractivity contribution in [2.75, 3.05) is 20.2 Å². The van der Waals surface area contributed by atoms with Gasteiger partial charge < -0.3 is 19.9 Å². The fourth-order valence-electron chi connectivity index (χ4n) is 7.31. The topological polar surface area (TPSA) is 102 Å². The molecule has 0 amide bonds. The number of ketones is 1. The Morgan fingerprint density at radius 1 is 1.23 bits per heavy atom. The van der Waals surface area contributed by atoms with Gasteiger partial charge in [0.15, 0.2) is 0 Å². The third kappa shape index (κ3) is 5.82. The largest absolute Gasteiger partial charge is 0.462 e. The lowest BCUT2D eigenvalue weighted by atomic mass is 9.42. The highest BCUT2D eigenvalue weighted by Crippen LogP contribution is 2.64. The molecule has 3 aliphatic rings. The van der Waals surface area contributed by atoms with Gasteiger partial charge in [0.05, 0.1) is 12.0 Å². The molecule has 3 aliphatic carbocycles. The van der Waals surface area contributed by atoms with Crippen LogP contribution >= 0.6 is 0 Å². The van der Waals surface area contributed by atoms with Gasteiger partial charge in [-0.15, -0.1) is 0 Å². The highest BCUT2D eigenvalue weighted by atomic mass is 16.5. The van der Waals surface area contributed by atoms with Crippen LogP contribution < -0.4 is 5.32 Å². The number of aliphatic hydroxyl groups is 1. The molecule has 2 N–H and O–H groups in total. The molecule has 0 spiro atoms. The monoisotopic (exact) mass is 491 g/mol. The molecule has 0 aromatic heterocycles. The second kappa shape index (κ2) is 10.3. The summed E-state index contributed by atoms with van der Waals surface area (Å²) in [6, 6.07) is 0. The van der Waals surface area contributed by atoms with E-state index in [1.807, 2.05) is 7.05 Å². The Morgan fingerprint density at radius 3 is 2.54 bits per heavy atom.